The van der Waals surface area contributed by atoms with Crippen LogP contribution >= 0.6 is 0 Å². The lowest BCUT2D eigenvalue weighted by atomic mass is 9.98. The average Bonchev–Trinajstić information content (AvgIpc) is 3.66. The molecule has 0 unspecified atom stereocenters. The van der Waals surface area contributed by atoms with E-state index >= 15 is 0 Å². The molecule has 2 aliphatic heterocycles. The predicted molar refractivity (Wildman–Crippen MR) is 155 cm³/mol. The van der Waals surface area contributed by atoms with Gasteiger partial charge in [-0.1, -0.05) is 41.5 Å². The van der Waals surface area contributed by atoms with Crippen LogP contribution in [0.15, 0.2) is 36.4 Å². The average molecular weight is 479 g/mol. The number of allylic oxidation sites excluding steroid dienone is 4. The number of nitrogens with zero attached hydrogens (tertiary/aromatic N) is 2. The first-order valence-corrected chi connectivity index (χ1v) is 13.7. The van der Waals surface area contributed by atoms with Gasteiger partial charge in [-0.15, -0.1) is 0 Å². The zero-order valence-electron chi connectivity index (χ0n) is 22.6. The van der Waals surface area contributed by atoms with E-state index < -0.39 is 0 Å². The number of aromatic amines is 2. The first-order valence-electron chi connectivity index (χ1n) is 13.7. The molecule has 0 amide bonds. The Morgan fingerprint density at radius 3 is 1.22 bits per heavy atom. The molecule has 3 aromatic heterocycles. The van der Waals surface area contributed by atoms with Gasteiger partial charge in [0.05, 0.1) is 33.8 Å². The van der Waals surface area contributed by atoms with Gasteiger partial charge in [0.2, 0.25) is 0 Å². The summed E-state index contributed by atoms with van der Waals surface area (Å²) in [5.74, 6) is 0. The van der Waals surface area contributed by atoms with Crippen LogP contribution in [0.1, 0.15) is 101 Å². The van der Waals surface area contributed by atoms with Gasteiger partial charge < -0.3 is 9.97 Å². The summed E-state index contributed by atoms with van der Waals surface area (Å²) in [6, 6.07) is 13.3. The van der Waals surface area contributed by atoms with Crippen LogP contribution in [0.5, 0.6) is 0 Å². The summed E-state index contributed by atoms with van der Waals surface area (Å²) in [5, 5.41) is 0. The van der Waals surface area contributed by atoms with E-state index in [0.29, 0.717) is 0 Å². The van der Waals surface area contributed by atoms with E-state index in [0.717, 1.165) is 83.4 Å². The van der Waals surface area contributed by atoms with Crippen molar-refractivity contribution in [1.82, 2.24) is 19.9 Å². The molecule has 0 atom stereocenters. The number of aromatic nitrogens is 4. The van der Waals surface area contributed by atoms with Crippen LogP contribution in [-0.4, -0.2) is 19.9 Å². The topological polar surface area (TPSA) is 57.4 Å². The SMILES string of the molecule is CCC1=C(CC)c2nc1ccc1nc(c3[nH]c(ccc4cc(CC)c2[nH]4)cc3CC)C(CC)=C1CC. The lowest BCUT2D eigenvalue weighted by Gasteiger charge is -2.04. The molecule has 0 aromatic carbocycles. The molecular weight excluding hydrogens is 440 g/mol. The Labute approximate surface area is 214 Å². The van der Waals surface area contributed by atoms with E-state index in [1.165, 1.54) is 33.4 Å². The predicted octanol–water partition coefficient (Wildman–Crippen LogP) is 8.90. The second kappa shape index (κ2) is 9.93. The monoisotopic (exact) mass is 478 g/mol. The molecule has 186 valence electrons. The van der Waals surface area contributed by atoms with Crippen molar-refractivity contribution in [1.29, 1.82) is 0 Å². The highest BCUT2D eigenvalue weighted by molar-refractivity contribution is 5.98. The van der Waals surface area contributed by atoms with Crippen LogP contribution in [0, 0.1) is 0 Å². The van der Waals surface area contributed by atoms with E-state index in [4.69, 9.17) is 9.97 Å². The van der Waals surface area contributed by atoms with Crippen molar-refractivity contribution >= 4 is 44.4 Å². The van der Waals surface area contributed by atoms with Crippen LogP contribution in [0.3, 0.4) is 0 Å². The van der Waals surface area contributed by atoms with Crippen LogP contribution in [0.2, 0.25) is 0 Å². The molecule has 0 fully saturated rings. The maximum atomic E-state index is 5.22. The molecule has 5 rings (SSSR count). The van der Waals surface area contributed by atoms with E-state index in [1.807, 2.05) is 0 Å². The number of hydrogen-bond donors (Lipinski definition) is 2. The standard InChI is InChI=1S/C32H38N4/c1-7-19-17-21-13-14-22-18-20(8-2)30(34-22)32-26(12-6)24(10-4)28(36-32)16-15-27-23(9-3)25(11-5)31(35-27)29(19)33-21/h13-18,33-34H,7-12H2,1-6H3. The van der Waals surface area contributed by atoms with Crippen molar-refractivity contribution in [2.75, 3.05) is 0 Å². The summed E-state index contributed by atoms with van der Waals surface area (Å²) in [6.07, 6.45) is 5.81. The number of fused-ring (bicyclic) bond motifs is 10. The van der Waals surface area contributed by atoms with Gasteiger partial charge in [-0.3, -0.25) is 0 Å². The summed E-state index contributed by atoms with van der Waals surface area (Å²) in [7, 11) is 0. The summed E-state index contributed by atoms with van der Waals surface area (Å²) in [6.45, 7) is 13.4. The zero-order chi connectivity index (χ0) is 25.4. The minimum atomic E-state index is 0.967. The smallest absolute Gasteiger partial charge is 0.0910 e. The molecule has 0 saturated heterocycles. The minimum Gasteiger partial charge on any atom is -0.354 e. The van der Waals surface area contributed by atoms with Crippen LogP contribution < -0.4 is 0 Å². The Hall–Kier alpha value is -3.40. The first-order chi connectivity index (χ1) is 17.6. The van der Waals surface area contributed by atoms with E-state index in [2.05, 4.69) is 87.9 Å². The van der Waals surface area contributed by atoms with Crippen molar-refractivity contribution in [3.8, 4) is 0 Å². The maximum Gasteiger partial charge on any atom is 0.0910 e. The van der Waals surface area contributed by atoms with E-state index in [-0.39, 0.29) is 0 Å². The largest absolute Gasteiger partial charge is 0.354 e. The molecule has 36 heavy (non-hydrogen) atoms. The zero-order valence-corrected chi connectivity index (χ0v) is 22.6. The molecule has 5 heterocycles. The highest BCUT2D eigenvalue weighted by Gasteiger charge is 2.22. The van der Waals surface area contributed by atoms with Crippen molar-refractivity contribution in [2.45, 2.75) is 80.1 Å². The highest BCUT2D eigenvalue weighted by Crippen LogP contribution is 2.39. The van der Waals surface area contributed by atoms with E-state index in [9.17, 15) is 0 Å². The number of aryl methyl sites for hydroxylation is 2. The lowest BCUT2D eigenvalue weighted by Crippen LogP contribution is -1.87. The first kappa shape index (κ1) is 24.3. The molecule has 2 N–H and O–H groups in total. The molecular formula is C32H38N4. The quantitative estimate of drug-likeness (QED) is 0.371. The Balaban J connectivity index is 1.95. The molecule has 3 aromatic rings. The van der Waals surface area contributed by atoms with Gasteiger partial charge in [0.15, 0.2) is 0 Å². The molecule has 0 aliphatic carbocycles. The second-order valence-corrected chi connectivity index (χ2v) is 9.64. The summed E-state index contributed by atoms with van der Waals surface area (Å²) in [5.41, 5.74) is 16.9. The summed E-state index contributed by atoms with van der Waals surface area (Å²) in [4.78, 5) is 17.8. The third kappa shape index (κ3) is 3.93. The minimum absolute atomic E-state index is 0.967. The summed E-state index contributed by atoms with van der Waals surface area (Å²) < 4.78 is 0. The molecule has 2 aliphatic rings. The summed E-state index contributed by atoms with van der Waals surface area (Å²) >= 11 is 0. The van der Waals surface area contributed by atoms with E-state index in [1.54, 1.807) is 0 Å². The fourth-order valence-electron chi connectivity index (χ4n) is 5.88. The van der Waals surface area contributed by atoms with Gasteiger partial charge in [0.1, 0.15) is 0 Å². The maximum absolute atomic E-state index is 5.22. The fraction of sp³-hybridized carbons (Fsp3) is 0.375. The van der Waals surface area contributed by atoms with Crippen LogP contribution in [0.25, 0.3) is 44.4 Å². The normalized spacial score (nSPS) is 13.7. The van der Waals surface area contributed by atoms with Gasteiger partial charge in [0, 0.05) is 11.0 Å². The van der Waals surface area contributed by atoms with Gasteiger partial charge >= 0.3 is 0 Å². The Bertz CT molecular complexity index is 1420. The van der Waals surface area contributed by atoms with Crippen LogP contribution in [-0.2, 0) is 12.8 Å². The number of nitrogens with one attached hydrogen (secondary N) is 2. The third-order valence-electron chi connectivity index (χ3n) is 7.71. The van der Waals surface area contributed by atoms with Crippen molar-refractivity contribution in [3.05, 3.63) is 70.3 Å². The highest BCUT2D eigenvalue weighted by atomic mass is 14.8. The Morgan fingerprint density at radius 2 is 0.889 bits per heavy atom. The molecule has 0 saturated carbocycles. The van der Waals surface area contributed by atoms with Crippen LogP contribution in [0.4, 0.5) is 0 Å². The Kier molecular flexibility index (Phi) is 6.70. The third-order valence-corrected chi connectivity index (χ3v) is 7.71. The molecule has 0 spiro atoms. The molecule has 8 bridgehead atoms. The van der Waals surface area contributed by atoms with Gasteiger partial charge in [-0.05, 0) is 108 Å². The van der Waals surface area contributed by atoms with Crippen molar-refractivity contribution in [3.63, 3.8) is 0 Å². The Morgan fingerprint density at radius 1 is 0.500 bits per heavy atom. The van der Waals surface area contributed by atoms with Crippen molar-refractivity contribution < 1.29 is 0 Å². The molecule has 0 radical (unpaired) electrons. The molecule has 4 nitrogen and oxygen atoms in total. The number of rotatable bonds is 6. The lowest BCUT2D eigenvalue weighted by molar-refractivity contribution is 1.15. The van der Waals surface area contributed by atoms with Crippen molar-refractivity contribution in [2.24, 2.45) is 0 Å². The fourth-order valence-corrected chi connectivity index (χ4v) is 5.88. The van der Waals surface area contributed by atoms with Gasteiger partial charge in [-0.25, -0.2) is 9.97 Å². The molecule has 4 heteroatoms. The van der Waals surface area contributed by atoms with Gasteiger partial charge in [-0.2, -0.15) is 0 Å². The van der Waals surface area contributed by atoms with Gasteiger partial charge in [0.25, 0.3) is 0 Å². The number of hydrogen-bond acceptors (Lipinski definition) is 2. The second-order valence-electron chi connectivity index (χ2n) is 9.64. The number of H-pyrrole nitrogens is 2.